The third kappa shape index (κ3) is 3.25. The highest BCUT2D eigenvalue weighted by molar-refractivity contribution is 5.24. The highest BCUT2D eigenvalue weighted by atomic mass is 19.4. The van der Waals surface area contributed by atoms with Crippen LogP contribution >= 0.6 is 0 Å². The molecule has 0 aromatic heterocycles. The Hall–Kier alpha value is -1.03. The molecular weight excluding hydrogens is 239 g/mol. The van der Waals surface area contributed by atoms with E-state index in [9.17, 15) is 13.2 Å². The van der Waals surface area contributed by atoms with E-state index in [2.05, 4.69) is 0 Å². The summed E-state index contributed by atoms with van der Waals surface area (Å²) < 4.78 is 37.2. The normalized spacial score (nSPS) is 19.1. The zero-order chi connectivity index (χ0) is 13.2. The first-order chi connectivity index (χ1) is 8.39. The summed E-state index contributed by atoms with van der Waals surface area (Å²) in [5.41, 5.74) is 6.47. The van der Waals surface area contributed by atoms with E-state index in [-0.39, 0.29) is 5.54 Å². The van der Waals surface area contributed by atoms with Gasteiger partial charge in [-0.25, -0.2) is 0 Å². The SMILES string of the molecule is NC1(CCc2ccc(C(F)(F)F)cc2)CCCC1. The molecule has 0 heterocycles. The number of alkyl halides is 3. The zero-order valence-corrected chi connectivity index (χ0v) is 10.3. The molecule has 1 aliphatic rings. The van der Waals surface area contributed by atoms with Crippen molar-refractivity contribution < 1.29 is 13.2 Å². The Bertz CT molecular complexity index is 388. The number of nitrogens with two attached hydrogens (primary N) is 1. The molecule has 1 aliphatic carbocycles. The molecule has 0 radical (unpaired) electrons. The van der Waals surface area contributed by atoms with Crippen molar-refractivity contribution in [2.24, 2.45) is 5.73 Å². The lowest BCUT2D eigenvalue weighted by molar-refractivity contribution is -0.137. The Balaban J connectivity index is 1.94. The van der Waals surface area contributed by atoms with Crippen LogP contribution in [-0.2, 0) is 12.6 Å². The second-order valence-electron chi connectivity index (χ2n) is 5.26. The predicted molar refractivity (Wildman–Crippen MR) is 65.2 cm³/mol. The van der Waals surface area contributed by atoms with Gasteiger partial charge in [-0.2, -0.15) is 13.2 Å². The van der Waals surface area contributed by atoms with Crippen molar-refractivity contribution in [1.82, 2.24) is 0 Å². The molecule has 18 heavy (non-hydrogen) atoms. The Labute approximate surface area is 105 Å². The van der Waals surface area contributed by atoms with Gasteiger partial charge in [0.25, 0.3) is 0 Å². The average molecular weight is 257 g/mol. The van der Waals surface area contributed by atoms with Crippen LogP contribution in [0.15, 0.2) is 24.3 Å². The van der Waals surface area contributed by atoms with Gasteiger partial charge in [-0.05, 0) is 43.4 Å². The fourth-order valence-electron chi connectivity index (χ4n) is 2.58. The Morgan fingerprint density at radius 2 is 1.61 bits per heavy atom. The van der Waals surface area contributed by atoms with E-state index in [1.165, 1.54) is 12.8 Å². The van der Waals surface area contributed by atoms with Gasteiger partial charge in [0, 0.05) is 5.54 Å². The maximum absolute atomic E-state index is 12.4. The maximum atomic E-state index is 12.4. The van der Waals surface area contributed by atoms with Gasteiger partial charge in [0.15, 0.2) is 0 Å². The maximum Gasteiger partial charge on any atom is 0.416 e. The molecular formula is C14H18F3N. The van der Waals surface area contributed by atoms with Gasteiger partial charge in [-0.15, -0.1) is 0 Å². The first kappa shape index (κ1) is 13.4. The van der Waals surface area contributed by atoms with Crippen LogP contribution < -0.4 is 5.73 Å². The van der Waals surface area contributed by atoms with Crippen molar-refractivity contribution in [3.05, 3.63) is 35.4 Å². The average Bonchev–Trinajstić information content (AvgIpc) is 2.74. The van der Waals surface area contributed by atoms with Crippen molar-refractivity contribution in [1.29, 1.82) is 0 Å². The number of hydrogen-bond acceptors (Lipinski definition) is 1. The van der Waals surface area contributed by atoms with Gasteiger partial charge in [-0.1, -0.05) is 25.0 Å². The molecule has 1 fully saturated rings. The molecule has 0 atom stereocenters. The van der Waals surface area contributed by atoms with Crippen molar-refractivity contribution in [3.8, 4) is 0 Å². The second kappa shape index (κ2) is 4.92. The summed E-state index contributed by atoms with van der Waals surface area (Å²) in [4.78, 5) is 0. The van der Waals surface area contributed by atoms with Gasteiger partial charge in [0.1, 0.15) is 0 Å². The van der Waals surface area contributed by atoms with Crippen LogP contribution in [-0.4, -0.2) is 5.54 Å². The smallest absolute Gasteiger partial charge is 0.325 e. The van der Waals surface area contributed by atoms with E-state index >= 15 is 0 Å². The molecule has 1 aromatic carbocycles. The quantitative estimate of drug-likeness (QED) is 0.873. The standard InChI is InChI=1S/C14H18F3N/c15-14(16,17)12-5-3-11(4-6-12)7-10-13(18)8-1-2-9-13/h3-6H,1-2,7-10,18H2. The fraction of sp³-hybridized carbons (Fsp3) is 0.571. The molecule has 0 amide bonds. The number of benzene rings is 1. The number of halogens is 3. The number of hydrogen-bond donors (Lipinski definition) is 1. The molecule has 0 aliphatic heterocycles. The van der Waals surface area contributed by atoms with Crippen LogP contribution in [0.2, 0.25) is 0 Å². The summed E-state index contributed by atoms with van der Waals surface area (Å²) in [6.07, 6.45) is 1.78. The van der Waals surface area contributed by atoms with Crippen molar-refractivity contribution in [3.63, 3.8) is 0 Å². The summed E-state index contributed by atoms with van der Waals surface area (Å²) in [5, 5.41) is 0. The van der Waals surface area contributed by atoms with Crippen LogP contribution in [0.3, 0.4) is 0 Å². The zero-order valence-electron chi connectivity index (χ0n) is 10.3. The Morgan fingerprint density at radius 1 is 1.06 bits per heavy atom. The van der Waals surface area contributed by atoms with E-state index < -0.39 is 11.7 Å². The predicted octanol–water partition coefficient (Wildman–Crippen LogP) is 3.91. The summed E-state index contributed by atoms with van der Waals surface area (Å²) in [6, 6.07) is 5.41. The third-order valence-corrected chi connectivity index (χ3v) is 3.79. The van der Waals surface area contributed by atoms with E-state index in [0.717, 1.165) is 43.4 Å². The lowest BCUT2D eigenvalue weighted by Crippen LogP contribution is -2.36. The van der Waals surface area contributed by atoms with E-state index in [4.69, 9.17) is 5.73 Å². The van der Waals surface area contributed by atoms with E-state index in [1.54, 1.807) is 12.1 Å². The summed E-state index contributed by atoms with van der Waals surface area (Å²) in [5.74, 6) is 0. The van der Waals surface area contributed by atoms with Gasteiger partial charge in [-0.3, -0.25) is 0 Å². The van der Waals surface area contributed by atoms with Gasteiger partial charge in [0.05, 0.1) is 5.56 Å². The molecule has 4 heteroatoms. The van der Waals surface area contributed by atoms with E-state index in [0.29, 0.717) is 0 Å². The number of rotatable bonds is 3. The van der Waals surface area contributed by atoms with E-state index in [1.807, 2.05) is 0 Å². The molecule has 100 valence electrons. The molecule has 1 nitrogen and oxygen atoms in total. The van der Waals surface area contributed by atoms with Crippen LogP contribution in [0.1, 0.15) is 43.2 Å². The molecule has 0 saturated heterocycles. The minimum Gasteiger partial charge on any atom is -0.325 e. The monoisotopic (exact) mass is 257 g/mol. The lowest BCUT2D eigenvalue weighted by atomic mass is 9.91. The lowest BCUT2D eigenvalue weighted by Gasteiger charge is -2.23. The molecule has 2 N–H and O–H groups in total. The van der Waals surface area contributed by atoms with Crippen molar-refractivity contribution in [2.45, 2.75) is 50.2 Å². The summed E-state index contributed by atoms with van der Waals surface area (Å²) in [6.45, 7) is 0. The molecule has 1 saturated carbocycles. The van der Waals surface area contributed by atoms with Crippen molar-refractivity contribution in [2.75, 3.05) is 0 Å². The van der Waals surface area contributed by atoms with Crippen LogP contribution in [0.5, 0.6) is 0 Å². The van der Waals surface area contributed by atoms with Gasteiger partial charge in [0.2, 0.25) is 0 Å². The fourth-order valence-corrected chi connectivity index (χ4v) is 2.58. The summed E-state index contributed by atoms with van der Waals surface area (Å²) >= 11 is 0. The topological polar surface area (TPSA) is 26.0 Å². The number of aryl methyl sites for hydroxylation is 1. The molecule has 0 bridgehead atoms. The van der Waals surface area contributed by atoms with Crippen LogP contribution in [0.25, 0.3) is 0 Å². The highest BCUT2D eigenvalue weighted by Gasteiger charge is 2.30. The molecule has 0 unspecified atom stereocenters. The Kier molecular flexibility index (Phi) is 3.66. The second-order valence-corrected chi connectivity index (χ2v) is 5.26. The van der Waals surface area contributed by atoms with Gasteiger partial charge < -0.3 is 5.73 Å². The van der Waals surface area contributed by atoms with Crippen molar-refractivity contribution >= 4 is 0 Å². The first-order valence-electron chi connectivity index (χ1n) is 6.34. The van der Waals surface area contributed by atoms with Gasteiger partial charge >= 0.3 is 6.18 Å². The minimum absolute atomic E-state index is 0.0945. The molecule has 1 aromatic rings. The summed E-state index contributed by atoms with van der Waals surface area (Å²) in [7, 11) is 0. The van der Waals surface area contributed by atoms with Crippen LogP contribution in [0, 0.1) is 0 Å². The molecule has 0 spiro atoms. The first-order valence-corrected chi connectivity index (χ1v) is 6.34. The third-order valence-electron chi connectivity index (χ3n) is 3.79. The highest BCUT2D eigenvalue weighted by Crippen LogP contribution is 2.32. The minimum atomic E-state index is -4.25. The Morgan fingerprint density at radius 3 is 2.11 bits per heavy atom. The largest absolute Gasteiger partial charge is 0.416 e. The van der Waals surface area contributed by atoms with Crippen LogP contribution in [0.4, 0.5) is 13.2 Å². The molecule has 2 rings (SSSR count).